The number of ether oxygens (including phenoxy) is 1. The lowest BCUT2D eigenvalue weighted by Crippen LogP contribution is -2.28. The summed E-state index contributed by atoms with van der Waals surface area (Å²) in [5.41, 5.74) is 0.838. The number of rotatable bonds is 5. The molecule has 3 aromatic rings. The Labute approximate surface area is 150 Å². The maximum atomic E-state index is 13.0. The van der Waals surface area contributed by atoms with Gasteiger partial charge in [-0.05, 0) is 18.6 Å². The van der Waals surface area contributed by atoms with E-state index >= 15 is 0 Å². The van der Waals surface area contributed by atoms with Crippen LogP contribution in [0.5, 0.6) is 0 Å². The van der Waals surface area contributed by atoms with E-state index in [0.29, 0.717) is 5.39 Å². The third-order valence-electron chi connectivity index (χ3n) is 3.82. The third kappa shape index (κ3) is 3.44. The van der Waals surface area contributed by atoms with E-state index in [9.17, 15) is 13.2 Å². The molecule has 0 amide bonds. The number of hydrogen-bond acceptors (Lipinski definition) is 5. The number of benzene rings is 2. The summed E-state index contributed by atoms with van der Waals surface area (Å²) in [6.45, 7) is 1.76. The lowest BCUT2D eigenvalue weighted by molar-refractivity contribution is 0.0602. The van der Waals surface area contributed by atoms with Gasteiger partial charge in [0, 0.05) is 16.1 Å². The Morgan fingerprint density at radius 3 is 2.40 bits per heavy atom. The number of carbonyl (C=O) groups is 1. The summed E-state index contributed by atoms with van der Waals surface area (Å²) in [5.74, 6) is -0.658. The number of esters is 1. The maximum Gasteiger partial charge on any atom is 0.349 e. The standard InChI is InChI=1S/C18H17NO4S2/c1-12(13-8-4-3-5-9-13)19-25(21,22)17-14-10-6-7-11-15(14)24-16(17)18(20)23-2/h3-12,19H,1-2H3/t12-/m1/s1. The van der Waals surface area contributed by atoms with Crippen LogP contribution in [0.2, 0.25) is 0 Å². The van der Waals surface area contributed by atoms with Gasteiger partial charge in [0.15, 0.2) is 0 Å². The molecule has 0 saturated heterocycles. The molecule has 1 atom stereocenters. The maximum absolute atomic E-state index is 13.0. The van der Waals surface area contributed by atoms with Crippen molar-refractivity contribution in [2.45, 2.75) is 17.9 Å². The van der Waals surface area contributed by atoms with Gasteiger partial charge in [0.2, 0.25) is 10.0 Å². The number of carbonyl (C=O) groups excluding carboxylic acids is 1. The van der Waals surface area contributed by atoms with Crippen molar-refractivity contribution in [3.8, 4) is 0 Å². The van der Waals surface area contributed by atoms with Crippen molar-refractivity contribution in [1.82, 2.24) is 4.72 Å². The second kappa shape index (κ2) is 6.95. The third-order valence-corrected chi connectivity index (χ3v) is 6.73. The van der Waals surface area contributed by atoms with E-state index < -0.39 is 22.0 Å². The van der Waals surface area contributed by atoms with Crippen molar-refractivity contribution in [3.05, 3.63) is 65.0 Å². The highest BCUT2D eigenvalue weighted by molar-refractivity contribution is 7.90. The summed E-state index contributed by atoms with van der Waals surface area (Å²) in [7, 11) is -2.68. The second-order valence-electron chi connectivity index (χ2n) is 5.50. The molecule has 0 radical (unpaired) electrons. The first-order valence-corrected chi connectivity index (χ1v) is 9.91. The second-order valence-corrected chi connectivity index (χ2v) is 8.20. The van der Waals surface area contributed by atoms with Crippen LogP contribution in [0.15, 0.2) is 59.5 Å². The number of hydrogen-bond donors (Lipinski definition) is 1. The first kappa shape index (κ1) is 17.6. The monoisotopic (exact) mass is 375 g/mol. The van der Waals surface area contributed by atoms with Crippen LogP contribution >= 0.6 is 11.3 Å². The number of thiophene rings is 1. The summed E-state index contributed by atoms with van der Waals surface area (Å²) >= 11 is 1.11. The van der Waals surface area contributed by atoms with Crippen LogP contribution in [0.25, 0.3) is 10.1 Å². The van der Waals surface area contributed by atoms with E-state index in [1.54, 1.807) is 31.2 Å². The fourth-order valence-corrected chi connectivity index (χ4v) is 5.67. The van der Waals surface area contributed by atoms with Gasteiger partial charge in [-0.3, -0.25) is 0 Å². The van der Waals surface area contributed by atoms with Crippen LogP contribution < -0.4 is 4.72 Å². The summed E-state index contributed by atoms with van der Waals surface area (Å²) in [6.07, 6.45) is 0. The smallest absolute Gasteiger partial charge is 0.349 e. The van der Waals surface area contributed by atoms with Crippen LogP contribution in [0.4, 0.5) is 0 Å². The SMILES string of the molecule is COC(=O)c1sc2ccccc2c1S(=O)(=O)N[C@H](C)c1ccccc1. The Morgan fingerprint density at radius 2 is 1.72 bits per heavy atom. The molecular formula is C18H17NO4S2. The molecule has 1 heterocycles. The zero-order chi connectivity index (χ0) is 18.0. The predicted octanol–water partition coefficient (Wildman–Crippen LogP) is 3.73. The van der Waals surface area contributed by atoms with E-state index in [-0.39, 0.29) is 9.77 Å². The predicted molar refractivity (Wildman–Crippen MR) is 98.3 cm³/mol. The van der Waals surface area contributed by atoms with Crippen molar-refractivity contribution < 1.29 is 17.9 Å². The zero-order valence-electron chi connectivity index (χ0n) is 13.7. The van der Waals surface area contributed by atoms with E-state index in [4.69, 9.17) is 4.74 Å². The van der Waals surface area contributed by atoms with E-state index in [1.165, 1.54) is 7.11 Å². The molecule has 7 heteroatoms. The molecule has 0 unspecified atom stereocenters. The summed E-state index contributed by atoms with van der Waals surface area (Å²) in [5, 5.41) is 0.515. The Morgan fingerprint density at radius 1 is 1.08 bits per heavy atom. The first-order chi connectivity index (χ1) is 11.9. The molecule has 25 heavy (non-hydrogen) atoms. The molecule has 0 aliphatic carbocycles. The van der Waals surface area contributed by atoms with Gasteiger partial charge in [0.05, 0.1) is 7.11 Å². The minimum atomic E-state index is -3.92. The molecule has 0 saturated carbocycles. The van der Waals surface area contributed by atoms with Crippen LogP contribution in [0.3, 0.4) is 0 Å². The average Bonchev–Trinajstić information content (AvgIpc) is 3.02. The Hall–Kier alpha value is -2.22. The quantitative estimate of drug-likeness (QED) is 0.690. The van der Waals surface area contributed by atoms with Gasteiger partial charge in [0.1, 0.15) is 9.77 Å². The fourth-order valence-electron chi connectivity index (χ4n) is 2.62. The topological polar surface area (TPSA) is 72.5 Å². The van der Waals surface area contributed by atoms with Gasteiger partial charge in [-0.1, -0.05) is 48.5 Å². The Kier molecular flexibility index (Phi) is 4.89. The van der Waals surface area contributed by atoms with Gasteiger partial charge in [-0.25, -0.2) is 17.9 Å². The number of sulfonamides is 1. The van der Waals surface area contributed by atoms with Crippen LogP contribution in [0, 0.1) is 0 Å². The van der Waals surface area contributed by atoms with E-state index in [1.807, 2.05) is 30.3 Å². The molecule has 0 aliphatic rings. The van der Waals surface area contributed by atoms with Crippen molar-refractivity contribution in [3.63, 3.8) is 0 Å². The highest BCUT2D eigenvalue weighted by Gasteiger charge is 2.30. The van der Waals surface area contributed by atoms with Gasteiger partial charge in [-0.15, -0.1) is 11.3 Å². The van der Waals surface area contributed by atoms with Gasteiger partial charge >= 0.3 is 5.97 Å². The highest BCUT2D eigenvalue weighted by atomic mass is 32.2. The zero-order valence-corrected chi connectivity index (χ0v) is 15.4. The first-order valence-electron chi connectivity index (χ1n) is 7.61. The molecule has 0 aliphatic heterocycles. The van der Waals surface area contributed by atoms with Crippen molar-refractivity contribution in [2.75, 3.05) is 7.11 Å². The highest BCUT2D eigenvalue weighted by Crippen LogP contribution is 2.35. The Balaban J connectivity index is 2.09. The Bertz CT molecular complexity index is 1010. The number of methoxy groups -OCH3 is 1. The van der Waals surface area contributed by atoms with Crippen LogP contribution in [-0.4, -0.2) is 21.5 Å². The lowest BCUT2D eigenvalue weighted by Gasteiger charge is -2.15. The summed E-state index contributed by atoms with van der Waals surface area (Å²) in [4.78, 5) is 12.2. The number of fused-ring (bicyclic) bond motifs is 1. The van der Waals surface area contributed by atoms with Gasteiger partial charge in [0.25, 0.3) is 0 Å². The van der Waals surface area contributed by atoms with Crippen LogP contribution in [-0.2, 0) is 14.8 Å². The molecule has 0 fully saturated rings. The van der Waals surface area contributed by atoms with Crippen molar-refractivity contribution >= 4 is 37.4 Å². The normalized spacial score (nSPS) is 12.9. The van der Waals surface area contributed by atoms with Gasteiger partial charge in [-0.2, -0.15) is 0 Å². The van der Waals surface area contributed by atoms with E-state index in [2.05, 4.69) is 4.72 Å². The molecule has 5 nitrogen and oxygen atoms in total. The molecule has 0 bridgehead atoms. The van der Waals surface area contributed by atoms with Crippen molar-refractivity contribution in [1.29, 1.82) is 0 Å². The molecule has 130 valence electrons. The molecule has 2 aromatic carbocycles. The fraction of sp³-hybridized carbons (Fsp3) is 0.167. The van der Waals surface area contributed by atoms with Crippen molar-refractivity contribution in [2.24, 2.45) is 0 Å². The lowest BCUT2D eigenvalue weighted by atomic mass is 10.1. The minimum Gasteiger partial charge on any atom is -0.465 e. The summed E-state index contributed by atoms with van der Waals surface area (Å²) in [6, 6.07) is 15.8. The molecule has 0 spiro atoms. The molecule has 1 aromatic heterocycles. The van der Waals surface area contributed by atoms with Gasteiger partial charge < -0.3 is 4.74 Å². The molecule has 1 N–H and O–H groups in total. The molecule has 3 rings (SSSR count). The number of nitrogens with one attached hydrogen (secondary N) is 1. The van der Waals surface area contributed by atoms with Crippen LogP contribution in [0.1, 0.15) is 28.2 Å². The average molecular weight is 375 g/mol. The molecular weight excluding hydrogens is 358 g/mol. The largest absolute Gasteiger partial charge is 0.465 e. The minimum absolute atomic E-state index is 0.0252. The van der Waals surface area contributed by atoms with E-state index in [0.717, 1.165) is 21.6 Å². The summed E-state index contributed by atoms with van der Waals surface area (Å²) < 4.78 is 34.2.